The van der Waals surface area contributed by atoms with Gasteiger partial charge in [0.25, 0.3) is 11.8 Å². The molecule has 0 radical (unpaired) electrons. The van der Waals surface area contributed by atoms with E-state index in [0.717, 1.165) is 49.9 Å². The van der Waals surface area contributed by atoms with E-state index in [1.807, 2.05) is 71.1 Å². The Morgan fingerprint density at radius 2 is 1.73 bits per heavy atom. The van der Waals surface area contributed by atoms with Crippen molar-refractivity contribution < 1.29 is 19.2 Å². The Morgan fingerprint density at radius 1 is 1.06 bits per heavy atom. The molecule has 1 aromatic carbocycles. The molecular formula is C38H60N6O4. The number of benzene rings is 1. The highest BCUT2D eigenvalue weighted by Crippen LogP contribution is 2.34. The summed E-state index contributed by atoms with van der Waals surface area (Å²) < 4.78 is 0. The zero-order valence-electron chi connectivity index (χ0n) is 31.0. The van der Waals surface area contributed by atoms with Gasteiger partial charge in [-0.05, 0) is 88.3 Å². The molecule has 10 heteroatoms. The highest BCUT2D eigenvalue weighted by atomic mass is 16.2. The van der Waals surface area contributed by atoms with E-state index in [1.54, 1.807) is 32.1 Å². The lowest BCUT2D eigenvalue weighted by Crippen LogP contribution is -2.45. The molecule has 0 bridgehead atoms. The van der Waals surface area contributed by atoms with Gasteiger partial charge in [0.05, 0.1) is 11.5 Å². The Labute approximate surface area is 289 Å². The van der Waals surface area contributed by atoms with Gasteiger partial charge in [0.2, 0.25) is 12.3 Å². The van der Waals surface area contributed by atoms with Crippen LogP contribution in [0.1, 0.15) is 102 Å². The lowest BCUT2D eigenvalue weighted by molar-refractivity contribution is -0.126. The fourth-order valence-electron chi connectivity index (χ4n) is 5.77. The van der Waals surface area contributed by atoms with E-state index >= 15 is 0 Å². The number of likely N-dealkylation sites (N-methyl/N-ethyl adjacent to an activating group) is 2. The highest BCUT2D eigenvalue weighted by molar-refractivity contribution is 5.96. The van der Waals surface area contributed by atoms with Crippen LogP contribution in [0.5, 0.6) is 0 Å². The van der Waals surface area contributed by atoms with Crippen molar-refractivity contribution in [3.63, 3.8) is 0 Å². The number of aryl methyl sites for hydroxylation is 1. The molecular weight excluding hydrogens is 604 g/mol. The number of amides is 4. The number of nitrogens with one attached hydrogen (secondary N) is 4. The fraction of sp³-hybridized carbons (Fsp3) is 0.553. The monoisotopic (exact) mass is 664 g/mol. The molecule has 266 valence electrons. The second-order valence-corrected chi connectivity index (χ2v) is 11.3. The van der Waals surface area contributed by atoms with E-state index in [2.05, 4.69) is 41.2 Å². The summed E-state index contributed by atoms with van der Waals surface area (Å²) in [5.74, 6) is -0.311. The number of likely N-dealkylation sites (tertiary alicyclic amines) is 1. The molecule has 2 aliphatic rings. The maximum atomic E-state index is 13.2. The van der Waals surface area contributed by atoms with E-state index in [-0.39, 0.29) is 29.8 Å². The predicted octanol–water partition coefficient (Wildman–Crippen LogP) is 5.11. The van der Waals surface area contributed by atoms with Crippen molar-refractivity contribution in [3.8, 4) is 6.07 Å². The van der Waals surface area contributed by atoms with E-state index in [4.69, 9.17) is 5.26 Å². The van der Waals surface area contributed by atoms with Gasteiger partial charge in [-0.15, -0.1) is 0 Å². The van der Waals surface area contributed by atoms with Gasteiger partial charge in [0.15, 0.2) is 0 Å². The van der Waals surface area contributed by atoms with Crippen LogP contribution in [0.2, 0.25) is 0 Å². The maximum Gasteiger partial charge on any atom is 0.251 e. The summed E-state index contributed by atoms with van der Waals surface area (Å²) in [5.41, 5.74) is 3.54. The number of hydrogen-bond acceptors (Lipinski definition) is 6. The molecule has 1 fully saturated rings. The second kappa shape index (κ2) is 24.0. The summed E-state index contributed by atoms with van der Waals surface area (Å²) in [6.45, 7) is 15.7. The van der Waals surface area contributed by atoms with E-state index in [9.17, 15) is 19.2 Å². The van der Waals surface area contributed by atoms with Crippen LogP contribution in [0.4, 0.5) is 0 Å². The minimum absolute atomic E-state index is 0.0500. The number of nitriles is 1. The van der Waals surface area contributed by atoms with Gasteiger partial charge in [-0.3, -0.25) is 19.2 Å². The number of carbonyl (C=O) groups is 4. The summed E-state index contributed by atoms with van der Waals surface area (Å²) in [6, 6.07) is 7.68. The van der Waals surface area contributed by atoms with Crippen molar-refractivity contribution in [2.75, 3.05) is 34.2 Å². The third-order valence-electron chi connectivity index (χ3n) is 8.16. The van der Waals surface area contributed by atoms with Gasteiger partial charge in [-0.25, -0.2) is 0 Å². The lowest BCUT2D eigenvalue weighted by atomic mass is 9.73. The molecule has 4 amide bonds. The summed E-state index contributed by atoms with van der Waals surface area (Å²) in [7, 11) is 4.90. The van der Waals surface area contributed by atoms with Crippen molar-refractivity contribution in [3.05, 3.63) is 70.3 Å². The fourth-order valence-corrected chi connectivity index (χ4v) is 5.77. The number of carbonyl (C=O) groups excluding carboxylic acids is 4. The predicted molar refractivity (Wildman–Crippen MR) is 195 cm³/mol. The first-order valence-electron chi connectivity index (χ1n) is 17.3. The number of allylic oxidation sites excluding steroid dienone is 4. The molecule has 1 aromatic rings. The molecule has 48 heavy (non-hydrogen) atoms. The first kappa shape index (κ1) is 43.8. The van der Waals surface area contributed by atoms with E-state index < -0.39 is 5.41 Å². The first-order valence-corrected chi connectivity index (χ1v) is 17.3. The lowest BCUT2D eigenvalue weighted by Gasteiger charge is -2.33. The Balaban J connectivity index is 0.00000143. The molecule has 1 saturated heterocycles. The van der Waals surface area contributed by atoms with Crippen LogP contribution in [0.3, 0.4) is 0 Å². The van der Waals surface area contributed by atoms with E-state index in [1.165, 1.54) is 5.57 Å². The van der Waals surface area contributed by atoms with Gasteiger partial charge in [-0.2, -0.15) is 5.26 Å². The summed E-state index contributed by atoms with van der Waals surface area (Å²) in [6.07, 6.45) is 13.0. The molecule has 1 aliphatic carbocycles. The molecule has 4 N–H and O–H groups in total. The average molecular weight is 665 g/mol. The molecule has 1 aliphatic heterocycles. The number of nitrogens with zero attached hydrogens (tertiary/aromatic N) is 2. The van der Waals surface area contributed by atoms with Crippen LogP contribution in [0, 0.1) is 11.3 Å². The molecule has 3 unspecified atom stereocenters. The van der Waals surface area contributed by atoms with Crippen molar-refractivity contribution in [1.82, 2.24) is 26.2 Å². The van der Waals surface area contributed by atoms with Crippen LogP contribution < -0.4 is 21.3 Å². The third kappa shape index (κ3) is 13.1. The zero-order valence-corrected chi connectivity index (χ0v) is 31.0. The van der Waals surface area contributed by atoms with E-state index in [0.29, 0.717) is 30.4 Å². The largest absolute Gasteiger partial charge is 0.358 e. The Bertz CT molecular complexity index is 1310. The molecule has 0 spiro atoms. The summed E-state index contributed by atoms with van der Waals surface area (Å²) >= 11 is 0. The van der Waals surface area contributed by atoms with Gasteiger partial charge in [0.1, 0.15) is 6.04 Å². The zero-order chi connectivity index (χ0) is 36.7. The summed E-state index contributed by atoms with van der Waals surface area (Å²) in [5, 5.41) is 20.0. The van der Waals surface area contributed by atoms with Gasteiger partial charge < -0.3 is 26.2 Å². The standard InChI is InChI=1S/C28H40N4O3.C6H8N2O.2C2H6/c1-7-32-19(2)18-28(3,27(35)31-6)24-16-15-23(26(34)30-5)17-22(24)14-12-20-9-8-10-21(13-11-20)25(33)29-4;7-4-6-2-1-3-8(6)5-9;2*1-2/h8-10,13,15-17,19,32H,7,11-12,14,18H2,1-6H3,(H,29,33)(H,30,34)(H,31,35);5-6H,1-3H2;2*1-2H3. The quantitative estimate of drug-likeness (QED) is 0.229. The SMILES string of the molecule is CC.CC.CCNC(C)CC(C)(C(=O)NC)c1ccc(C(=O)NC)cc1CCC1=CC=CC(C(=O)NC)=CC1.N#CC1CCCN1C=O. The molecule has 3 rings (SSSR count). The van der Waals surface area contributed by atoms with Crippen LogP contribution in [-0.2, 0) is 26.2 Å². The molecule has 0 aromatic heterocycles. The first-order chi connectivity index (χ1) is 23.1. The average Bonchev–Trinajstić information content (AvgIpc) is 3.47. The summed E-state index contributed by atoms with van der Waals surface area (Å²) in [4.78, 5) is 49.3. The van der Waals surface area contributed by atoms with Crippen LogP contribution >= 0.6 is 0 Å². The second-order valence-electron chi connectivity index (χ2n) is 11.3. The van der Waals surface area contributed by atoms with Crippen LogP contribution in [-0.4, -0.2) is 75.3 Å². The number of rotatable bonds is 12. The van der Waals surface area contributed by atoms with Crippen LogP contribution in [0.25, 0.3) is 0 Å². The minimum Gasteiger partial charge on any atom is -0.358 e. The molecule has 10 nitrogen and oxygen atoms in total. The maximum absolute atomic E-state index is 13.2. The highest BCUT2D eigenvalue weighted by Gasteiger charge is 2.37. The van der Waals surface area contributed by atoms with Gasteiger partial charge in [-0.1, -0.05) is 64.5 Å². The molecule has 0 saturated carbocycles. The number of hydrogen-bond donors (Lipinski definition) is 4. The van der Waals surface area contributed by atoms with Crippen molar-refractivity contribution in [1.29, 1.82) is 5.26 Å². The Kier molecular flexibility index (Phi) is 21.9. The topological polar surface area (TPSA) is 143 Å². The van der Waals surface area contributed by atoms with Gasteiger partial charge >= 0.3 is 0 Å². The minimum atomic E-state index is -0.767. The van der Waals surface area contributed by atoms with Gasteiger partial charge in [0, 0.05) is 44.9 Å². The van der Waals surface area contributed by atoms with Crippen molar-refractivity contribution in [2.45, 2.75) is 104 Å². The Morgan fingerprint density at radius 3 is 2.27 bits per heavy atom. The molecule has 3 atom stereocenters. The van der Waals surface area contributed by atoms with Crippen LogP contribution in [0.15, 0.2) is 53.6 Å². The third-order valence-corrected chi connectivity index (χ3v) is 8.16. The normalized spacial score (nSPS) is 16.5. The smallest absolute Gasteiger partial charge is 0.251 e. The van der Waals surface area contributed by atoms with Crippen molar-refractivity contribution in [2.24, 2.45) is 0 Å². The Hall–Kier alpha value is -4.23. The van der Waals surface area contributed by atoms with Crippen molar-refractivity contribution >= 4 is 24.1 Å². The molecule has 1 heterocycles.